The predicted molar refractivity (Wildman–Crippen MR) is 113 cm³/mol. The SMILES string of the molecule is CC(C)(C)n1nnnc1C(Nc1ccccc1)c1cc2ccccc2n2nnnc12. The molecule has 0 saturated heterocycles. The Bertz CT molecular complexity index is 1310. The molecular weight excluding hydrogens is 378 g/mol. The molecular formula is C21H21N9. The Balaban J connectivity index is 1.77. The van der Waals surface area contributed by atoms with Gasteiger partial charge in [-0.3, -0.25) is 0 Å². The first-order valence-corrected chi connectivity index (χ1v) is 9.72. The van der Waals surface area contributed by atoms with Gasteiger partial charge in [-0.05, 0) is 65.9 Å². The number of tetrazole rings is 2. The van der Waals surface area contributed by atoms with Crippen LogP contribution in [-0.2, 0) is 5.54 Å². The zero-order chi connectivity index (χ0) is 20.7. The molecule has 9 heteroatoms. The summed E-state index contributed by atoms with van der Waals surface area (Å²) in [7, 11) is 0. The number of aromatic nitrogens is 8. The van der Waals surface area contributed by atoms with Crippen molar-refractivity contribution in [3.05, 3.63) is 72.1 Å². The summed E-state index contributed by atoms with van der Waals surface area (Å²) in [6, 6.07) is 19.7. The molecule has 3 heterocycles. The van der Waals surface area contributed by atoms with Crippen molar-refractivity contribution in [3.8, 4) is 0 Å². The maximum atomic E-state index is 4.39. The van der Waals surface area contributed by atoms with Gasteiger partial charge in [0.1, 0.15) is 6.04 Å². The quantitative estimate of drug-likeness (QED) is 0.495. The van der Waals surface area contributed by atoms with Crippen molar-refractivity contribution >= 4 is 22.2 Å². The molecule has 0 fully saturated rings. The number of hydrogen-bond donors (Lipinski definition) is 1. The highest BCUT2D eigenvalue weighted by molar-refractivity contribution is 5.83. The Hall–Kier alpha value is -3.88. The molecule has 1 N–H and O–H groups in total. The molecule has 0 aliphatic carbocycles. The Labute approximate surface area is 172 Å². The van der Waals surface area contributed by atoms with Gasteiger partial charge in [-0.25, -0.2) is 4.68 Å². The predicted octanol–water partition coefficient (Wildman–Crippen LogP) is 3.22. The lowest BCUT2D eigenvalue weighted by molar-refractivity contribution is 0.333. The maximum Gasteiger partial charge on any atom is 0.185 e. The standard InChI is InChI=1S/C21H21N9/c1-21(2,3)30-20(24-26-28-30)18(22-15-10-5-4-6-11-15)16-13-14-9-7-8-12-17(14)29-19(16)23-25-27-29/h4-13,18,22H,1-3H3. The summed E-state index contributed by atoms with van der Waals surface area (Å²) in [5.41, 5.74) is 3.14. The summed E-state index contributed by atoms with van der Waals surface area (Å²) in [4.78, 5) is 0. The van der Waals surface area contributed by atoms with E-state index in [1.807, 2.05) is 59.3 Å². The van der Waals surface area contributed by atoms with Crippen molar-refractivity contribution < 1.29 is 0 Å². The molecule has 5 rings (SSSR count). The fourth-order valence-corrected chi connectivity index (χ4v) is 3.61. The average molecular weight is 399 g/mol. The van der Waals surface area contributed by atoms with E-state index in [-0.39, 0.29) is 11.6 Å². The molecule has 0 aliphatic rings. The summed E-state index contributed by atoms with van der Waals surface area (Å²) >= 11 is 0. The number of pyridine rings is 1. The van der Waals surface area contributed by atoms with E-state index in [4.69, 9.17) is 0 Å². The lowest BCUT2D eigenvalue weighted by Gasteiger charge is -2.25. The van der Waals surface area contributed by atoms with Gasteiger partial charge in [-0.1, -0.05) is 36.4 Å². The van der Waals surface area contributed by atoms with Crippen molar-refractivity contribution in [2.45, 2.75) is 32.4 Å². The van der Waals surface area contributed by atoms with Crippen LogP contribution in [0.25, 0.3) is 16.6 Å². The zero-order valence-corrected chi connectivity index (χ0v) is 16.9. The van der Waals surface area contributed by atoms with Crippen LogP contribution in [-0.4, -0.2) is 40.2 Å². The second-order valence-electron chi connectivity index (χ2n) is 8.14. The minimum Gasteiger partial charge on any atom is -0.371 e. The minimum absolute atomic E-state index is 0.297. The first kappa shape index (κ1) is 18.2. The summed E-state index contributed by atoms with van der Waals surface area (Å²) in [5, 5.41) is 29.7. The second kappa shape index (κ2) is 6.87. The van der Waals surface area contributed by atoms with Crippen LogP contribution in [0, 0.1) is 0 Å². The van der Waals surface area contributed by atoms with Crippen LogP contribution < -0.4 is 5.32 Å². The molecule has 2 aromatic carbocycles. The van der Waals surface area contributed by atoms with E-state index in [1.165, 1.54) is 0 Å². The minimum atomic E-state index is -0.361. The van der Waals surface area contributed by atoms with E-state index in [9.17, 15) is 0 Å². The van der Waals surface area contributed by atoms with E-state index >= 15 is 0 Å². The molecule has 0 amide bonds. The normalized spacial score (nSPS) is 13.0. The van der Waals surface area contributed by atoms with Crippen molar-refractivity contribution in [3.63, 3.8) is 0 Å². The van der Waals surface area contributed by atoms with Gasteiger partial charge in [0.15, 0.2) is 11.5 Å². The van der Waals surface area contributed by atoms with Crippen LogP contribution in [0.15, 0.2) is 60.7 Å². The average Bonchev–Trinajstić information content (AvgIpc) is 3.42. The fraction of sp³-hybridized carbons (Fsp3) is 0.238. The van der Waals surface area contributed by atoms with Gasteiger partial charge < -0.3 is 5.32 Å². The number of nitrogens with zero attached hydrogens (tertiary/aromatic N) is 8. The highest BCUT2D eigenvalue weighted by Gasteiger charge is 2.29. The summed E-state index contributed by atoms with van der Waals surface area (Å²) < 4.78 is 3.60. The first-order valence-electron chi connectivity index (χ1n) is 9.72. The highest BCUT2D eigenvalue weighted by Crippen LogP contribution is 2.32. The van der Waals surface area contributed by atoms with Crippen LogP contribution in [0.2, 0.25) is 0 Å². The molecule has 1 unspecified atom stereocenters. The van der Waals surface area contributed by atoms with Crippen LogP contribution in [0.3, 0.4) is 0 Å². The second-order valence-corrected chi connectivity index (χ2v) is 8.14. The molecule has 0 spiro atoms. The summed E-state index contributed by atoms with van der Waals surface area (Å²) in [6.07, 6.45) is 0. The molecule has 0 bridgehead atoms. The molecule has 9 nitrogen and oxygen atoms in total. The van der Waals surface area contributed by atoms with Gasteiger partial charge in [0.05, 0.1) is 11.1 Å². The van der Waals surface area contributed by atoms with Crippen LogP contribution in [0.5, 0.6) is 0 Å². The Morgan fingerprint density at radius 3 is 2.40 bits per heavy atom. The molecule has 0 aliphatic heterocycles. The largest absolute Gasteiger partial charge is 0.371 e. The van der Waals surface area contributed by atoms with E-state index in [2.05, 4.69) is 63.2 Å². The lowest BCUT2D eigenvalue weighted by Crippen LogP contribution is -2.29. The highest BCUT2D eigenvalue weighted by atomic mass is 15.6. The van der Waals surface area contributed by atoms with E-state index in [0.29, 0.717) is 11.5 Å². The zero-order valence-electron chi connectivity index (χ0n) is 16.9. The fourth-order valence-electron chi connectivity index (χ4n) is 3.61. The smallest absolute Gasteiger partial charge is 0.185 e. The lowest BCUT2D eigenvalue weighted by atomic mass is 10.0. The number of benzene rings is 2. The Morgan fingerprint density at radius 1 is 0.867 bits per heavy atom. The van der Waals surface area contributed by atoms with Gasteiger partial charge in [-0.15, -0.1) is 10.2 Å². The van der Waals surface area contributed by atoms with Gasteiger partial charge >= 0.3 is 0 Å². The molecule has 1 atom stereocenters. The summed E-state index contributed by atoms with van der Waals surface area (Å²) in [5.74, 6) is 0.687. The third-order valence-corrected chi connectivity index (χ3v) is 4.99. The Morgan fingerprint density at radius 2 is 1.60 bits per heavy atom. The van der Waals surface area contributed by atoms with E-state index in [0.717, 1.165) is 22.2 Å². The van der Waals surface area contributed by atoms with Crippen LogP contribution >= 0.6 is 0 Å². The summed E-state index contributed by atoms with van der Waals surface area (Å²) in [6.45, 7) is 6.21. The number of hydrogen-bond acceptors (Lipinski definition) is 7. The van der Waals surface area contributed by atoms with Crippen molar-refractivity contribution in [1.82, 2.24) is 40.2 Å². The number of anilines is 1. The Kier molecular flexibility index (Phi) is 4.16. The van der Waals surface area contributed by atoms with Crippen molar-refractivity contribution in [2.24, 2.45) is 0 Å². The van der Waals surface area contributed by atoms with Crippen LogP contribution in [0.1, 0.15) is 38.2 Å². The third kappa shape index (κ3) is 3.04. The van der Waals surface area contributed by atoms with Gasteiger partial charge in [0.25, 0.3) is 0 Å². The van der Waals surface area contributed by atoms with Crippen LogP contribution in [0.4, 0.5) is 5.69 Å². The maximum absolute atomic E-state index is 4.39. The molecule has 3 aromatic heterocycles. The molecule has 150 valence electrons. The first-order chi connectivity index (χ1) is 14.5. The third-order valence-electron chi connectivity index (χ3n) is 4.99. The molecule has 0 radical (unpaired) electrons. The molecule has 0 saturated carbocycles. The van der Waals surface area contributed by atoms with E-state index in [1.54, 1.807) is 4.52 Å². The molecule has 30 heavy (non-hydrogen) atoms. The number of fused-ring (bicyclic) bond motifs is 3. The topological polar surface area (TPSA) is 98.7 Å². The number of rotatable bonds is 4. The van der Waals surface area contributed by atoms with Crippen molar-refractivity contribution in [1.29, 1.82) is 0 Å². The van der Waals surface area contributed by atoms with Gasteiger partial charge in [0, 0.05) is 16.6 Å². The van der Waals surface area contributed by atoms with Gasteiger partial charge in [-0.2, -0.15) is 4.52 Å². The number of para-hydroxylation sites is 2. The monoisotopic (exact) mass is 399 g/mol. The van der Waals surface area contributed by atoms with Gasteiger partial charge in [0.2, 0.25) is 0 Å². The van der Waals surface area contributed by atoms with Crippen molar-refractivity contribution in [2.75, 3.05) is 5.32 Å². The number of nitrogens with one attached hydrogen (secondary N) is 1. The molecule has 5 aromatic rings. The van der Waals surface area contributed by atoms with E-state index < -0.39 is 0 Å².